The van der Waals surface area contributed by atoms with Crippen LogP contribution in [0, 0.1) is 22.7 Å². The Hall–Kier alpha value is -0.0800. The van der Waals surface area contributed by atoms with Gasteiger partial charge in [0.2, 0.25) is 0 Å². The van der Waals surface area contributed by atoms with Gasteiger partial charge in [-0.2, -0.15) is 0 Å². The van der Waals surface area contributed by atoms with E-state index in [4.69, 9.17) is 0 Å². The van der Waals surface area contributed by atoms with E-state index in [2.05, 4.69) is 44.8 Å². The predicted molar refractivity (Wildman–Crippen MR) is 85.8 cm³/mol. The Morgan fingerprint density at radius 2 is 1.70 bits per heavy atom. The Kier molecular flexibility index (Phi) is 3.70. The second kappa shape index (κ2) is 4.98. The molecule has 1 aliphatic carbocycles. The lowest BCUT2D eigenvalue weighted by molar-refractivity contribution is 0.0130. The minimum Gasteiger partial charge on any atom is -0.316 e. The van der Waals surface area contributed by atoms with Crippen molar-refractivity contribution in [3.8, 4) is 0 Å². The summed E-state index contributed by atoms with van der Waals surface area (Å²) in [5.41, 5.74) is 1.03. The smallest absolute Gasteiger partial charge is 0.0140 e. The van der Waals surface area contributed by atoms with Crippen LogP contribution in [-0.4, -0.2) is 36.6 Å². The molecular weight excluding hydrogens is 244 g/mol. The molecule has 3 fully saturated rings. The van der Waals surface area contributed by atoms with E-state index >= 15 is 0 Å². The Labute approximate surface area is 125 Å². The van der Waals surface area contributed by atoms with E-state index in [9.17, 15) is 0 Å². The van der Waals surface area contributed by atoms with E-state index in [-0.39, 0.29) is 0 Å². The highest BCUT2D eigenvalue weighted by molar-refractivity contribution is 5.03. The Morgan fingerprint density at radius 3 is 2.30 bits per heavy atom. The third-order valence-corrected chi connectivity index (χ3v) is 6.18. The molecule has 2 heteroatoms. The summed E-state index contributed by atoms with van der Waals surface area (Å²) in [6.07, 6.45) is 5.52. The number of nitrogens with zero attached hydrogens (tertiary/aromatic N) is 1. The minimum absolute atomic E-state index is 0.515. The SMILES string of the molecule is CCC1C2CNCC2CN1C1CC(C)(C)CC(C)(C)C1. The van der Waals surface area contributed by atoms with E-state index in [1.165, 1.54) is 45.3 Å². The van der Waals surface area contributed by atoms with Gasteiger partial charge in [-0.05, 0) is 61.4 Å². The number of fused-ring (bicyclic) bond motifs is 1. The zero-order valence-electron chi connectivity index (χ0n) is 14.2. The Balaban J connectivity index is 1.78. The van der Waals surface area contributed by atoms with E-state index in [0.29, 0.717) is 10.8 Å². The lowest BCUT2D eigenvalue weighted by Crippen LogP contribution is -2.49. The first-order valence-corrected chi connectivity index (χ1v) is 8.78. The molecule has 0 amide bonds. The average molecular weight is 278 g/mol. The maximum absolute atomic E-state index is 3.62. The summed E-state index contributed by atoms with van der Waals surface area (Å²) in [5, 5.41) is 3.62. The number of likely N-dealkylation sites (tertiary alicyclic amines) is 1. The maximum Gasteiger partial charge on any atom is 0.0140 e. The highest BCUT2D eigenvalue weighted by Crippen LogP contribution is 2.49. The van der Waals surface area contributed by atoms with Crippen molar-refractivity contribution < 1.29 is 0 Å². The second-order valence-corrected chi connectivity index (χ2v) is 9.32. The van der Waals surface area contributed by atoms with Crippen molar-refractivity contribution in [1.29, 1.82) is 0 Å². The fourth-order valence-corrected chi connectivity index (χ4v) is 6.04. The van der Waals surface area contributed by atoms with Crippen molar-refractivity contribution in [2.24, 2.45) is 22.7 Å². The first-order chi connectivity index (χ1) is 9.31. The molecule has 0 radical (unpaired) electrons. The highest BCUT2D eigenvalue weighted by atomic mass is 15.2. The van der Waals surface area contributed by atoms with Crippen LogP contribution >= 0.6 is 0 Å². The summed E-state index contributed by atoms with van der Waals surface area (Å²) in [5.74, 6) is 1.85. The fraction of sp³-hybridized carbons (Fsp3) is 1.00. The van der Waals surface area contributed by atoms with Gasteiger partial charge >= 0.3 is 0 Å². The Bertz CT molecular complexity index is 344. The molecule has 3 aliphatic rings. The van der Waals surface area contributed by atoms with E-state index in [0.717, 1.165) is 23.9 Å². The molecule has 0 bridgehead atoms. The molecule has 1 N–H and O–H groups in total. The van der Waals surface area contributed by atoms with Crippen LogP contribution < -0.4 is 5.32 Å². The van der Waals surface area contributed by atoms with Gasteiger partial charge in [0.1, 0.15) is 0 Å². The standard InChI is InChI=1S/C18H34N2/c1-6-16-15-10-19-9-13(15)11-20(16)14-7-17(2,3)12-18(4,5)8-14/h13-16,19H,6-12H2,1-5H3. The highest BCUT2D eigenvalue weighted by Gasteiger charge is 2.49. The molecule has 1 saturated carbocycles. The van der Waals surface area contributed by atoms with Crippen LogP contribution in [0.4, 0.5) is 0 Å². The van der Waals surface area contributed by atoms with Crippen molar-refractivity contribution in [3.05, 3.63) is 0 Å². The largest absolute Gasteiger partial charge is 0.316 e. The van der Waals surface area contributed by atoms with Gasteiger partial charge in [0.25, 0.3) is 0 Å². The average Bonchev–Trinajstić information content (AvgIpc) is 2.82. The monoisotopic (exact) mass is 278 g/mol. The van der Waals surface area contributed by atoms with Crippen LogP contribution in [0.3, 0.4) is 0 Å². The molecule has 0 aromatic rings. The van der Waals surface area contributed by atoms with Crippen LogP contribution in [0.2, 0.25) is 0 Å². The number of hydrogen-bond acceptors (Lipinski definition) is 2. The van der Waals surface area contributed by atoms with Crippen molar-refractivity contribution in [3.63, 3.8) is 0 Å². The molecule has 3 rings (SSSR count). The molecule has 0 aromatic carbocycles. The van der Waals surface area contributed by atoms with Crippen LogP contribution in [0.1, 0.15) is 60.3 Å². The summed E-state index contributed by atoms with van der Waals surface area (Å²) >= 11 is 0. The molecule has 0 spiro atoms. The van der Waals surface area contributed by atoms with Gasteiger partial charge in [-0.25, -0.2) is 0 Å². The van der Waals surface area contributed by atoms with Crippen molar-refractivity contribution >= 4 is 0 Å². The lowest BCUT2D eigenvalue weighted by Gasteiger charge is -2.49. The molecule has 2 saturated heterocycles. The molecule has 3 unspecified atom stereocenters. The maximum atomic E-state index is 3.62. The molecule has 2 aliphatic heterocycles. The van der Waals surface area contributed by atoms with Gasteiger partial charge in [-0.15, -0.1) is 0 Å². The van der Waals surface area contributed by atoms with Gasteiger partial charge in [0.15, 0.2) is 0 Å². The van der Waals surface area contributed by atoms with Crippen molar-refractivity contribution in [1.82, 2.24) is 10.2 Å². The van der Waals surface area contributed by atoms with E-state index in [1.807, 2.05) is 0 Å². The van der Waals surface area contributed by atoms with Crippen molar-refractivity contribution in [2.45, 2.75) is 72.4 Å². The summed E-state index contributed by atoms with van der Waals surface area (Å²) in [6.45, 7) is 16.2. The first-order valence-electron chi connectivity index (χ1n) is 8.78. The number of hydrogen-bond donors (Lipinski definition) is 1. The third kappa shape index (κ3) is 2.66. The van der Waals surface area contributed by atoms with Crippen LogP contribution in [-0.2, 0) is 0 Å². The van der Waals surface area contributed by atoms with Crippen LogP contribution in [0.15, 0.2) is 0 Å². The third-order valence-electron chi connectivity index (χ3n) is 6.18. The summed E-state index contributed by atoms with van der Waals surface area (Å²) in [4.78, 5) is 2.93. The van der Waals surface area contributed by atoms with Crippen LogP contribution in [0.25, 0.3) is 0 Å². The van der Waals surface area contributed by atoms with E-state index in [1.54, 1.807) is 0 Å². The molecule has 0 aromatic heterocycles. The topological polar surface area (TPSA) is 15.3 Å². The molecule has 3 atom stereocenters. The minimum atomic E-state index is 0.515. The summed E-state index contributed by atoms with van der Waals surface area (Å²) in [6, 6.07) is 1.66. The summed E-state index contributed by atoms with van der Waals surface area (Å²) < 4.78 is 0. The molecule has 2 nitrogen and oxygen atoms in total. The second-order valence-electron chi connectivity index (χ2n) is 9.32. The molecule has 2 heterocycles. The quantitative estimate of drug-likeness (QED) is 0.831. The van der Waals surface area contributed by atoms with Gasteiger partial charge in [0.05, 0.1) is 0 Å². The van der Waals surface area contributed by atoms with Crippen molar-refractivity contribution in [2.75, 3.05) is 19.6 Å². The lowest BCUT2D eigenvalue weighted by atomic mass is 9.63. The van der Waals surface area contributed by atoms with Gasteiger partial charge < -0.3 is 5.32 Å². The zero-order valence-corrected chi connectivity index (χ0v) is 14.2. The molecular formula is C18H34N2. The van der Waals surface area contributed by atoms with Gasteiger partial charge in [-0.3, -0.25) is 4.90 Å². The number of nitrogens with one attached hydrogen (secondary N) is 1. The van der Waals surface area contributed by atoms with Gasteiger partial charge in [0, 0.05) is 18.6 Å². The summed E-state index contributed by atoms with van der Waals surface area (Å²) in [7, 11) is 0. The Morgan fingerprint density at radius 1 is 1.05 bits per heavy atom. The first kappa shape index (κ1) is 14.8. The molecule has 20 heavy (non-hydrogen) atoms. The number of rotatable bonds is 2. The normalized spacial score (nSPS) is 41.0. The zero-order chi connectivity index (χ0) is 14.5. The van der Waals surface area contributed by atoms with Gasteiger partial charge in [-0.1, -0.05) is 34.6 Å². The van der Waals surface area contributed by atoms with Crippen LogP contribution in [0.5, 0.6) is 0 Å². The van der Waals surface area contributed by atoms with E-state index < -0.39 is 0 Å². The predicted octanol–water partition coefficient (Wildman–Crippen LogP) is 3.52. The fourth-order valence-electron chi connectivity index (χ4n) is 6.04. The molecule has 116 valence electrons.